The predicted octanol–water partition coefficient (Wildman–Crippen LogP) is 5.47. The van der Waals surface area contributed by atoms with Gasteiger partial charge in [0.2, 0.25) is 5.91 Å². The molecule has 3 aromatic rings. The minimum absolute atomic E-state index is 0.189. The number of hydrogen-bond donors (Lipinski definition) is 1. The van der Waals surface area contributed by atoms with Gasteiger partial charge >= 0.3 is 0 Å². The molecule has 0 saturated heterocycles. The van der Waals surface area contributed by atoms with Gasteiger partial charge in [0.25, 0.3) is 5.91 Å². The maximum atomic E-state index is 13.3. The molecule has 0 bridgehead atoms. The predicted molar refractivity (Wildman–Crippen MR) is 129 cm³/mol. The standard InChI is InChI=1S/C25H26Cl2N2O3/c1-3-22(25(31)28-4-2)29(15-17-12-13-20(26)21(27)14-17)24(30)16-32-23-11-7-9-18-8-5-6-10-19(18)23/h5-14,22H,3-4,15-16H2,1-2H3,(H,28,31)/t22-/m0/s1. The van der Waals surface area contributed by atoms with E-state index in [2.05, 4.69) is 5.32 Å². The van der Waals surface area contributed by atoms with Gasteiger partial charge in [-0.1, -0.05) is 72.6 Å². The number of carbonyl (C=O) groups is 2. The van der Waals surface area contributed by atoms with E-state index in [0.717, 1.165) is 16.3 Å². The molecule has 2 amide bonds. The minimum Gasteiger partial charge on any atom is -0.483 e. The molecule has 3 rings (SSSR count). The summed E-state index contributed by atoms with van der Waals surface area (Å²) in [5.41, 5.74) is 0.778. The Morgan fingerprint density at radius 1 is 1.00 bits per heavy atom. The molecule has 0 aliphatic heterocycles. The van der Waals surface area contributed by atoms with Gasteiger partial charge in [-0.15, -0.1) is 0 Å². The van der Waals surface area contributed by atoms with Gasteiger partial charge in [0.15, 0.2) is 6.61 Å². The van der Waals surface area contributed by atoms with Crippen LogP contribution in [0.2, 0.25) is 10.0 Å². The van der Waals surface area contributed by atoms with E-state index in [-0.39, 0.29) is 25.0 Å². The van der Waals surface area contributed by atoms with E-state index in [9.17, 15) is 9.59 Å². The normalized spacial score (nSPS) is 11.8. The van der Waals surface area contributed by atoms with E-state index in [1.54, 1.807) is 18.2 Å². The van der Waals surface area contributed by atoms with E-state index < -0.39 is 6.04 Å². The molecule has 168 valence electrons. The van der Waals surface area contributed by atoms with Crippen molar-refractivity contribution in [1.82, 2.24) is 10.2 Å². The van der Waals surface area contributed by atoms with E-state index in [0.29, 0.717) is 28.8 Å². The molecule has 3 aromatic carbocycles. The number of carbonyl (C=O) groups excluding carboxylic acids is 2. The molecule has 0 radical (unpaired) electrons. The summed E-state index contributed by atoms with van der Waals surface area (Å²) in [5.74, 6) is 0.132. The maximum absolute atomic E-state index is 13.3. The van der Waals surface area contributed by atoms with Crippen LogP contribution < -0.4 is 10.1 Å². The third kappa shape index (κ3) is 5.72. The molecule has 0 aliphatic rings. The van der Waals surface area contributed by atoms with Crippen LogP contribution in [0.25, 0.3) is 10.8 Å². The molecule has 0 heterocycles. The second-order valence-electron chi connectivity index (χ2n) is 7.35. The molecule has 0 spiro atoms. The van der Waals surface area contributed by atoms with Gasteiger partial charge in [0, 0.05) is 18.5 Å². The Kier molecular flexibility index (Phi) is 8.37. The van der Waals surface area contributed by atoms with Crippen molar-refractivity contribution in [2.45, 2.75) is 32.9 Å². The summed E-state index contributed by atoms with van der Waals surface area (Å²) in [6, 6.07) is 18.1. The van der Waals surface area contributed by atoms with E-state index in [4.69, 9.17) is 27.9 Å². The Labute approximate surface area is 198 Å². The fraction of sp³-hybridized carbons (Fsp3) is 0.280. The fourth-order valence-corrected chi connectivity index (χ4v) is 3.91. The Balaban J connectivity index is 1.84. The summed E-state index contributed by atoms with van der Waals surface area (Å²) in [4.78, 5) is 27.5. The first-order valence-electron chi connectivity index (χ1n) is 10.6. The van der Waals surface area contributed by atoms with Crippen LogP contribution >= 0.6 is 23.2 Å². The van der Waals surface area contributed by atoms with Gasteiger partial charge in [-0.3, -0.25) is 9.59 Å². The van der Waals surface area contributed by atoms with Gasteiger partial charge in [-0.25, -0.2) is 0 Å². The van der Waals surface area contributed by atoms with E-state index >= 15 is 0 Å². The van der Waals surface area contributed by atoms with Crippen molar-refractivity contribution in [2.24, 2.45) is 0 Å². The first-order chi connectivity index (χ1) is 15.4. The average molecular weight is 473 g/mol. The number of halogens is 2. The number of nitrogens with one attached hydrogen (secondary N) is 1. The SMILES string of the molecule is CCNC(=O)[C@H](CC)N(Cc1ccc(Cl)c(Cl)c1)C(=O)COc1cccc2ccccc12. The van der Waals surface area contributed by atoms with Crippen LogP contribution in [-0.2, 0) is 16.1 Å². The summed E-state index contributed by atoms with van der Waals surface area (Å²) in [6.45, 7) is 4.23. The van der Waals surface area contributed by atoms with Gasteiger partial charge in [0.05, 0.1) is 10.0 Å². The fourth-order valence-electron chi connectivity index (χ4n) is 3.59. The molecule has 0 unspecified atom stereocenters. The second-order valence-corrected chi connectivity index (χ2v) is 8.17. The number of fused-ring (bicyclic) bond motifs is 1. The number of likely N-dealkylation sites (N-methyl/N-ethyl adjacent to an activating group) is 1. The van der Waals surface area contributed by atoms with Crippen LogP contribution in [0.15, 0.2) is 60.7 Å². The third-order valence-corrected chi connectivity index (χ3v) is 5.91. The number of amides is 2. The van der Waals surface area contributed by atoms with Crippen LogP contribution in [0.5, 0.6) is 5.75 Å². The lowest BCUT2D eigenvalue weighted by molar-refractivity contribution is -0.142. The molecular weight excluding hydrogens is 447 g/mol. The topological polar surface area (TPSA) is 58.6 Å². The Morgan fingerprint density at radius 3 is 2.47 bits per heavy atom. The third-order valence-electron chi connectivity index (χ3n) is 5.17. The summed E-state index contributed by atoms with van der Waals surface area (Å²) in [7, 11) is 0. The molecular formula is C25H26Cl2N2O3. The zero-order chi connectivity index (χ0) is 23.1. The first-order valence-corrected chi connectivity index (χ1v) is 11.3. The molecule has 1 atom stereocenters. The summed E-state index contributed by atoms with van der Waals surface area (Å²) >= 11 is 12.2. The Bertz CT molecular complexity index is 1100. The molecule has 0 aliphatic carbocycles. The minimum atomic E-state index is -0.631. The van der Waals surface area contributed by atoms with Crippen molar-refractivity contribution in [3.05, 3.63) is 76.3 Å². The van der Waals surface area contributed by atoms with E-state index in [1.165, 1.54) is 4.90 Å². The largest absolute Gasteiger partial charge is 0.483 e. The van der Waals surface area contributed by atoms with Gasteiger partial charge < -0.3 is 15.0 Å². The Morgan fingerprint density at radius 2 is 1.75 bits per heavy atom. The smallest absolute Gasteiger partial charge is 0.261 e. The van der Waals surface area contributed by atoms with Crippen molar-refractivity contribution in [2.75, 3.05) is 13.2 Å². The number of benzene rings is 3. The molecule has 0 fully saturated rings. The van der Waals surface area contributed by atoms with Crippen molar-refractivity contribution in [3.8, 4) is 5.75 Å². The molecule has 5 nitrogen and oxygen atoms in total. The molecule has 0 saturated carbocycles. The second kappa shape index (κ2) is 11.2. The number of nitrogens with zero attached hydrogens (tertiary/aromatic N) is 1. The zero-order valence-corrected chi connectivity index (χ0v) is 19.6. The summed E-state index contributed by atoms with van der Waals surface area (Å²) in [6.07, 6.45) is 0.465. The van der Waals surface area contributed by atoms with Crippen molar-refractivity contribution in [1.29, 1.82) is 0 Å². The average Bonchev–Trinajstić information content (AvgIpc) is 2.79. The Hall–Kier alpha value is -2.76. The molecule has 32 heavy (non-hydrogen) atoms. The van der Waals surface area contributed by atoms with Crippen molar-refractivity contribution < 1.29 is 14.3 Å². The highest BCUT2D eigenvalue weighted by Gasteiger charge is 2.28. The molecule has 7 heteroatoms. The molecule has 0 aromatic heterocycles. The summed E-state index contributed by atoms with van der Waals surface area (Å²) < 4.78 is 5.91. The van der Waals surface area contributed by atoms with Crippen LogP contribution in [0.1, 0.15) is 25.8 Å². The lowest BCUT2D eigenvalue weighted by atomic mass is 10.1. The first kappa shape index (κ1) is 23.9. The van der Waals surface area contributed by atoms with Gasteiger partial charge in [0.1, 0.15) is 11.8 Å². The highest BCUT2D eigenvalue weighted by Crippen LogP contribution is 2.26. The zero-order valence-electron chi connectivity index (χ0n) is 18.1. The van der Waals surface area contributed by atoms with Crippen molar-refractivity contribution in [3.63, 3.8) is 0 Å². The lowest BCUT2D eigenvalue weighted by Gasteiger charge is -2.30. The lowest BCUT2D eigenvalue weighted by Crippen LogP contribution is -2.50. The highest BCUT2D eigenvalue weighted by molar-refractivity contribution is 6.42. The molecule has 1 N–H and O–H groups in total. The van der Waals surface area contributed by atoms with Gasteiger partial charge in [-0.05, 0) is 42.5 Å². The monoisotopic (exact) mass is 472 g/mol. The number of ether oxygens (including phenoxy) is 1. The number of hydrogen-bond acceptors (Lipinski definition) is 3. The van der Waals surface area contributed by atoms with Gasteiger partial charge in [-0.2, -0.15) is 0 Å². The van der Waals surface area contributed by atoms with Crippen LogP contribution in [0.4, 0.5) is 0 Å². The highest BCUT2D eigenvalue weighted by atomic mass is 35.5. The van der Waals surface area contributed by atoms with Crippen molar-refractivity contribution >= 4 is 45.8 Å². The van der Waals surface area contributed by atoms with E-state index in [1.807, 2.05) is 56.3 Å². The van der Waals surface area contributed by atoms with Crippen LogP contribution in [-0.4, -0.2) is 35.9 Å². The quantitative estimate of drug-likeness (QED) is 0.449. The van der Waals surface area contributed by atoms with Crippen LogP contribution in [0, 0.1) is 0 Å². The maximum Gasteiger partial charge on any atom is 0.261 e. The van der Waals surface area contributed by atoms with Crippen LogP contribution in [0.3, 0.4) is 0 Å². The summed E-state index contributed by atoms with van der Waals surface area (Å²) in [5, 5.41) is 5.60. The number of rotatable bonds is 9.